The topological polar surface area (TPSA) is 76.4 Å². The van der Waals surface area contributed by atoms with Crippen LogP contribution in [0.25, 0.3) is 5.82 Å². The number of hydrogen-bond donors (Lipinski definition) is 0. The fraction of sp³-hybridized carbons (Fsp3) is 0.417. The lowest BCUT2D eigenvalue weighted by Crippen LogP contribution is -2.53. The van der Waals surface area contributed by atoms with Gasteiger partial charge >= 0.3 is 0 Å². The first-order chi connectivity index (χ1) is 15.5. The standard InChI is InChI=1S/C24H28N6O2/c1-16-17(2)30(15-25-16)23-14-22(26-18(3)27-23)28-10-12-29(13-11-28)24(31)21-9-8-19-6-4-5-7-20(19)32-21/h4-7,14-15,21H,8-13H2,1-3H3. The molecule has 4 heterocycles. The number of hydrogen-bond acceptors (Lipinski definition) is 6. The molecule has 166 valence electrons. The number of carbonyl (C=O) groups excluding carboxylic acids is 1. The molecule has 1 atom stereocenters. The van der Waals surface area contributed by atoms with Crippen LogP contribution in [-0.4, -0.2) is 62.6 Å². The molecule has 2 aromatic heterocycles. The predicted molar refractivity (Wildman–Crippen MR) is 121 cm³/mol. The molecule has 1 fully saturated rings. The van der Waals surface area contributed by atoms with Gasteiger partial charge < -0.3 is 14.5 Å². The fourth-order valence-electron chi connectivity index (χ4n) is 4.41. The zero-order valence-corrected chi connectivity index (χ0v) is 18.8. The van der Waals surface area contributed by atoms with Gasteiger partial charge in [-0.15, -0.1) is 0 Å². The molecule has 0 N–H and O–H groups in total. The van der Waals surface area contributed by atoms with Crippen LogP contribution in [0.15, 0.2) is 36.7 Å². The molecular formula is C24H28N6O2. The van der Waals surface area contributed by atoms with Crippen LogP contribution in [0.4, 0.5) is 5.82 Å². The summed E-state index contributed by atoms with van der Waals surface area (Å²) in [5.74, 6) is 3.34. The Balaban J connectivity index is 1.26. The summed E-state index contributed by atoms with van der Waals surface area (Å²) in [6.07, 6.45) is 3.02. The van der Waals surface area contributed by atoms with Crippen LogP contribution in [0.5, 0.6) is 5.75 Å². The number of aromatic nitrogens is 4. The molecule has 1 aromatic carbocycles. The van der Waals surface area contributed by atoms with E-state index < -0.39 is 6.10 Å². The van der Waals surface area contributed by atoms with Gasteiger partial charge in [0.15, 0.2) is 6.10 Å². The Morgan fingerprint density at radius 3 is 2.53 bits per heavy atom. The molecule has 0 radical (unpaired) electrons. The second-order valence-corrected chi connectivity index (χ2v) is 8.48. The van der Waals surface area contributed by atoms with Gasteiger partial charge in [0.05, 0.1) is 5.69 Å². The highest BCUT2D eigenvalue weighted by Gasteiger charge is 2.32. The Hall–Kier alpha value is -3.42. The number of para-hydroxylation sites is 1. The van der Waals surface area contributed by atoms with Crippen LogP contribution in [0.3, 0.4) is 0 Å². The first-order valence-corrected chi connectivity index (χ1v) is 11.1. The molecule has 1 saturated heterocycles. The summed E-state index contributed by atoms with van der Waals surface area (Å²) in [4.78, 5) is 30.9. The Morgan fingerprint density at radius 1 is 1.03 bits per heavy atom. The molecule has 0 saturated carbocycles. The minimum atomic E-state index is -0.392. The van der Waals surface area contributed by atoms with E-state index in [4.69, 9.17) is 4.74 Å². The molecule has 32 heavy (non-hydrogen) atoms. The predicted octanol–water partition coefficient (Wildman–Crippen LogP) is 2.63. The number of nitrogens with zero attached hydrogens (tertiary/aromatic N) is 6. The highest BCUT2D eigenvalue weighted by atomic mass is 16.5. The van der Waals surface area contributed by atoms with E-state index in [1.165, 1.54) is 5.56 Å². The van der Waals surface area contributed by atoms with Gasteiger partial charge in [0.25, 0.3) is 5.91 Å². The van der Waals surface area contributed by atoms with Crippen molar-refractivity contribution in [3.63, 3.8) is 0 Å². The fourth-order valence-corrected chi connectivity index (χ4v) is 4.41. The first kappa shape index (κ1) is 20.5. The van der Waals surface area contributed by atoms with E-state index in [0.29, 0.717) is 13.1 Å². The van der Waals surface area contributed by atoms with Gasteiger partial charge in [-0.1, -0.05) is 18.2 Å². The maximum Gasteiger partial charge on any atom is 0.263 e. The van der Waals surface area contributed by atoms with E-state index in [1.807, 2.05) is 54.5 Å². The lowest BCUT2D eigenvalue weighted by Gasteiger charge is -2.37. The number of anilines is 1. The molecule has 3 aromatic rings. The number of piperazine rings is 1. The second kappa shape index (κ2) is 8.26. The zero-order valence-electron chi connectivity index (χ0n) is 18.8. The minimum Gasteiger partial charge on any atom is -0.480 e. The lowest BCUT2D eigenvalue weighted by atomic mass is 10.0. The summed E-state index contributed by atoms with van der Waals surface area (Å²) in [6, 6.07) is 9.98. The molecule has 1 unspecified atom stereocenters. The van der Waals surface area contributed by atoms with E-state index in [1.54, 1.807) is 6.33 Å². The third kappa shape index (κ3) is 3.81. The smallest absolute Gasteiger partial charge is 0.263 e. The van der Waals surface area contributed by atoms with Gasteiger partial charge in [0, 0.05) is 37.9 Å². The van der Waals surface area contributed by atoms with E-state index >= 15 is 0 Å². The largest absolute Gasteiger partial charge is 0.480 e. The summed E-state index contributed by atoms with van der Waals surface area (Å²) < 4.78 is 8.01. The first-order valence-electron chi connectivity index (χ1n) is 11.1. The molecule has 0 aliphatic carbocycles. The van der Waals surface area contributed by atoms with E-state index in [0.717, 1.165) is 60.5 Å². The van der Waals surface area contributed by atoms with Crippen molar-refractivity contribution in [2.45, 2.75) is 39.7 Å². The molecule has 8 heteroatoms. The molecule has 5 rings (SSSR count). The maximum atomic E-state index is 13.1. The third-order valence-electron chi connectivity index (χ3n) is 6.42. The van der Waals surface area contributed by atoms with Crippen molar-refractivity contribution < 1.29 is 9.53 Å². The number of aryl methyl sites for hydroxylation is 3. The molecule has 0 spiro atoms. The SMILES string of the molecule is Cc1nc(N2CCN(C(=O)C3CCc4ccccc4O3)CC2)cc(-n2cnc(C)c2C)n1. The van der Waals surface area contributed by atoms with Gasteiger partial charge in [-0.05, 0) is 45.2 Å². The number of amides is 1. The number of ether oxygens (including phenoxy) is 1. The van der Waals surface area contributed by atoms with Crippen molar-refractivity contribution in [1.82, 2.24) is 24.4 Å². The maximum absolute atomic E-state index is 13.1. The second-order valence-electron chi connectivity index (χ2n) is 8.48. The molecule has 1 amide bonds. The molecule has 8 nitrogen and oxygen atoms in total. The van der Waals surface area contributed by atoms with E-state index in [2.05, 4.69) is 25.9 Å². The summed E-state index contributed by atoms with van der Waals surface area (Å²) in [5, 5.41) is 0. The molecule has 2 aliphatic rings. The van der Waals surface area contributed by atoms with Gasteiger partial charge in [0.1, 0.15) is 29.5 Å². The van der Waals surface area contributed by atoms with Crippen LogP contribution in [0.2, 0.25) is 0 Å². The summed E-state index contributed by atoms with van der Waals surface area (Å²) in [6.45, 7) is 8.70. The van der Waals surface area contributed by atoms with Gasteiger partial charge in [-0.2, -0.15) is 0 Å². The van der Waals surface area contributed by atoms with Crippen molar-refractivity contribution in [3.05, 3.63) is 59.4 Å². The van der Waals surface area contributed by atoms with Gasteiger partial charge in [-0.25, -0.2) is 15.0 Å². The number of imidazole rings is 1. The number of rotatable bonds is 3. The van der Waals surface area contributed by atoms with Crippen molar-refractivity contribution in [3.8, 4) is 11.6 Å². The van der Waals surface area contributed by atoms with Crippen molar-refractivity contribution >= 4 is 11.7 Å². The highest BCUT2D eigenvalue weighted by Crippen LogP contribution is 2.28. The number of fused-ring (bicyclic) bond motifs is 1. The third-order valence-corrected chi connectivity index (χ3v) is 6.42. The number of benzene rings is 1. The van der Waals surface area contributed by atoms with Gasteiger partial charge in [0.2, 0.25) is 0 Å². The van der Waals surface area contributed by atoms with Crippen LogP contribution < -0.4 is 9.64 Å². The molecular weight excluding hydrogens is 404 g/mol. The normalized spacial score (nSPS) is 18.3. The van der Waals surface area contributed by atoms with E-state index in [-0.39, 0.29) is 5.91 Å². The van der Waals surface area contributed by atoms with E-state index in [9.17, 15) is 4.79 Å². The summed E-state index contributed by atoms with van der Waals surface area (Å²) in [5.41, 5.74) is 3.24. The van der Waals surface area contributed by atoms with Gasteiger partial charge in [-0.3, -0.25) is 9.36 Å². The average molecular weight is 433 g/mol. The molecule has 2 aliphatic heterocycles. The average Bonchev–Trinajstić information content (AvgIpc) is 3.16. The number of carbonyl (C=O) groups is 1. The minimum absolute atomic E-state index is 0.0863. The van der Waals surface area contributed by atoms with Crippen molar-refractivity contribution in [1.29, 1.82) is 0 Å². The quantitative estimate of drug-likeness (QED) is 0.633. The Labute approximate surface area is 187 Å². The Kier molecular flexibility index (Phi) is 5.28. The van der Waals surface area contributed by atoms with Crippen LogP contribution in [0.1, 0.15) is 29.2 Å². The lowest BCUT2D eigenvalue weighted by molar-refractivity contribution is -0.139. The van der Waals surface area contributed by atoms with Crippen molar-refractivity contribution in [2.24, 2.45) is 0 Å². The zero-order chi connectivity index (χ0) is 22.2. The van der Waals surface area contributed by atoms with Crippen molar-refractivity contribution in [2.75, 3.05) is 31.1 Å². The summed E-state index contributed by atoms with van der Waals surface area (Å²) in [7, 11) is 0. The molecule has 0 bridgehead atoms. The summed E-state index contributed by atoms with van der Waals surface area (Å²) >= 11 is 0. The van der Waals surface area contributed by atoms with Crippen LogP contribution >= 0.6 is 0 Å². The van der Waals surface area contributed by atoms with Crippen LogP contribution in [0, 0.1) is 20.8 Å². The Bertz CT molecular complexity index is 1150. The monoisotopic (exact) mass is 432 g/mol. The Morgan fingerprint density at radius 2 is 1.78 bits per heavy atom. The highest BCUT2D eigenvalue weighted by molar-refractivity contribution is 5.82. The van der Waals surface area contributed by atoms with Crippen LogP contribution in [-0.2, 0) is 11.2 Å².